The Bertz CT molecular complexity index is 642. The fourth-order valence-electron chi connectivity index (χ4n) is 2.41. The molecule has 1 aromatic heterocycles. The van der Waals surface area contributed by atoms with E-state index in [2.05, 4.69) is 62.7 Å². The molecule has 0 aliphatic heterocycles. The van der Waals surface area contributed by atoms with E-state index in [1.54, 1.807) is 7.05 Å². The zero-order valence-electron chi connectivity index (χ0n) is 15.2. The van der Waals surface area contributed by atoms with Gasteiger partial charge in [-0.1, -0.05) is 18.2 Å². The number of rotatable bonds is 8. The third-order valence-corrected chi connectivity index (χ3v) is 4.59. The average Bonchev–Trinajstić information content (AvgIpc) is 2.92. The summed E-state index contributed by atoms with van der Waals surface area (Å²) in [5, 5.41) is 11.2. The average molecular weight is 473 g/mol. The van der Waals surface area contributed by atoms with Gasteiger partial charge in [-0.2, -0.15) is 5.10 Å². The number of nitrogens with one attached hydrogen (secondary N) is 2. The molecule has 1 aromatic carbocycles. The van der Waals surface area contributed by atoms with Crippen LogP contribution in [0.2, 0.25) is 0 Å². The Labute approximate surface area is 172 Å². The van der Waals surface area contributed by atoms with Crippen molar-refractivity contribution >= 4 is 41.7 Å². The molecule has 0 radical (unpaired) electrons. The van der Waals surface area contributed by atoms with Gasteiger partial charge in [-0.25, -0.2) is 0 Å². The summed E-state index contributed by atoms with van der Waals surface area (Å²) in [6, 6.07) is 12.6. The third kappa shape index (κ3) is 8.13. The van der Waals surface area contributed by atoms with Gasteiger partial charge in [-0.15, -0.1) is 35.7 Å². The summed E-state index contributed by atoms with van der Waals surface area (Å²) in [4.78, 5) is 5.56. The molecule has 2 rings (SSSR count). The van der Waals surface area contributed by atoms with E-state index >= 15 is 0 Å². The molecular weight excluding hydrogens is 445 g/mol. The molecule has 0 atom stereocenters. The largest absolute Gasteiger partial charge is 0.356 e. The molecule has 0 unspecified atom stereocenters. The minimum atomic E-state index is 0. The SMILES string of the molecule is CN=C(NCCCn1nc(C)cc1C)NCCSc1ccccc1.I. The molecule has 25 heavy (non-hydrogen) atoms. The number of aromatic nitrogens is 2. The van der Waals surface area contributed by atoms with E-state index in [-0.39, 0.29) is 24.0 Å². The summed E-state index contributed by atoms with van der Waals surface area (Å²) in [7, 11) is 1.81. The molecule has 2 aromatic rings. The summed E-state index contributed by atoms with van der Waals surface area (Å²) in [6.45, 7) is 6.81. The topological polar surface area (TPSA) is 54.2 Å². The Morgan fingerprint density at radius 2 is 1.88 bits per heavy atom. The highest BCUT2D eigenvalue weighted by Gasteiger charge is 2.01. The number of hydrogen-bond acceptors (Lipinski definition) is 3. The first-order valence-electron chi connectivity index (χ1n) is 8.32. The lowest BCUT2D eigenvalue weighted by Crippen LogP contribution is -2.39. The minimum absolute atomic E-state index is 0. The minimum Gasteiger partial charge on any atom is -0.356 e. The van der Waals surface area contributed by atoms with E-state index < -0.39 is 0 Å². The maximum absolute atomic E-state index is 4.48. The third-order valence-electron chi connectivity index (χ3n) is 3.57. The molecular formula is C18H28IN5S. The van der Waals surface area contributed by atoms with Crippen LogP contribution in [0, 0.1) is 13.8 Å². The molecule has 0 spiro atoms. The predicted octanol–water partition coefficient (Wildman–Crippen LogP) is 3.47. The van der Waals surface area contributed by atoms with Gasteiger partial charge in [-0.05, 0) is 38.5 Å². The number of aliphatic imine (C=N–C) groups is 1. The van der Waals surface area contributed by atoms with Crippen molar-refractivity contribution in [2.24, 2.45) is 4.99 Å². The van der Waals surface area contributed by atoms with Gasteiger partial charge in [0.15, 0.2) is 5.96 Å². The Kier molecular flexibility index (Phi) is 10.6. The quantitative estimate of drug-likeness (QED) is 0.203. The van der Waals surface area contributed by atoms with Crippen LogP contribution in [0.5, 0.6) is 0 Å². The van der Waals surface area contributed by atoms with Gasteiger partial charge in [0.1, 0.15) is 0 Å². The number of thioether (sulfide) groups is 1. The van der Waals surface area contributed by atoms with E-state index in [0.29, 0.717) is 0 Å². The molecule has 0 saturated carbocycles. The van der Waals surface area contributed by atoms with Crippen molar-refractivity contribution in [3.8, 4) is 0 Å². The van der Waals surface area contributed by atoms with Crippen molar-refractivity contribution in [3.63, 3.8) is 0 Å². The Morgan fingerprint density at radius 1 is 1.16 bits per heavy atom. The van der Waals surface area contributed by atoms with Crippen molar-refractivity contribution in [2.75, 3.05) is 25.9 Å². The van der Waals surface area contributed by atoms with Gasteiger partial charge < -0.3 is 10.6 Å². The van der Waals surface area contributed by atoms with Gasteiger partial charge in [0.25, 0.3) is 0 Å². The lowest BCUT2D eigenvalue weighted by atomic mass is 10.4. The molecule has 5 nitrogen and oxygen atoms in total. The first kappa shape index (κ1) is 21.8. The number of aryl methyl sites for hydroxylation is 3. The van der Waals surface area contributed by atoms with Crippen molar-refractivity contribution < 1.29 is 0 Å². The van der Waals surface area contributed by atoms with Crippen LogP contribution in [0.3, 0.4) is 0 Å². The summed E-state index contributed by atoms with van der Waals surface area (Å²) in [5.41, 5.74) is 2.29. The predicted molar refractivity (Wildman–Crippen MR) is 118 cm³/mol. The summed E-state index contributed by atoms with van der Waals surface area (Å²) >= 11 is 1.85. The number of hydrogen-bond donors (Lipinski definition) is 2. The van der Waals surface area contributed by atoms with Crippen molar-refractivity contribution in [3.05, 3.63) is 47.8 Å². The summed E-state index contributed by atoms with van der Waals surface area (Å²) in [5.74, 6) is 1.87. The first-order chi connectivity index (χ1) is 11.7. The van der Waals surface area contributed by atoms with Crippen molar-refractivity contribution in [2.45, 2.75) is 31.7 Å². The molecule has 1 heterocycles. The number of nitrogens with zero attached hydrogens (tertiary/aromatic N) is 3. The van der Waals surface area contributed by atoms with Gasteiger partial charge in [-0.3, -0.25) is 9.67 Å². The van der Waals surface area contributed by atoms with E-state index in [1.165, 1.54) is 10.6 Å². The Morgan fingerprint density at radius 3 is 2.52 bits per heavy atom. The van der Waals surface area contributed by atoms with Crippen LogP contribution in [0.1, 0.15) is 17.8 Å². The highest BCUT2D eigenvalue weighted by molar-refractivity contribution is 14.0. The molecule has 2 N–H and O–H groups in total. The molecule has 0 amide bonds. The zero-order chi connectivity index (χ0) is 17.2. The summed E-state index contributed by atoms with van der Waals surface area (Å²) in [6.07, 6.45) is 1.02. The second kappa shape index (κ2) is 12.2. The molecule has 0 aliphatic carbocycles. The second-order valence-corrected chi connectivity index (χ2v) is 6.76. The van der Waals surface area contributed by atoms with Gasteiger partial charge in [0.2, 0.25) is 0 Å². The standard InChI is InChI=1S/C18H27N5S.HI/c1-15-14-16(2)23(22-15)12-7-10-20-18(19-3)21-11-13-24-17-8-5-4-6-9-17;/h4-6,8-9,14H,7,10-13H2,1-3H3,(H2,19,20,21);1H. The number of halogens is 1. The van der Waals surface area contributed by atoms with Gasteiger partial charge >= 0.3 is 0 Å². The van der Waals surface area contributed by atoms with Gasteiger partial charge in [0, 0.05) is 43.0 Å². The number of benzene rings is 1. The number of guanidine groups is 1. The van der Waals surface area contributed by atoms with E-state index in [9.17, 15) is 0 Å². The van der Waals surface area contributed by atoms with Crippen LogP contribution in [0.25, 0.3) is 0 Å². The first-order valence-corrected chi connectivity index (χ1v) is 9.31. The van der Waals surface area contributed by atoms with Crippen LogP contribution in [-0.2, 0) is 6.54 Å². The van der Waals surface area contributed by atoms with E-state index in [1.807, 2.05) is 24.8 Å². The maximum Gasteiger partial charge on any atom is 0.191 e. The van der Waals surface area contributed by atoms with Crippen LogP contribution >= 0.6 is 35.7 Å². The van der Waals surface area contributed by atoms with Crippen molar-refractivity contribution in [1.82, 2.24) is 20.4 Å². The van der Waals surface area contributed by atoms with Crippen LogP contribution < -0.4 is 10.6 Å². The maximum atomic E-state index is 4.48. The molecule has 0 saturated heterocycles. The Balaban J connectivity index is 0.00000312. The highest BCUT2D eigenvalue weighted by atomic mass is 127. The normalized spacial score (nSPS) is 11.1. The van der Waals surface area contributed by atoms with Crippen LogP contribution in [0.15, 0.2) is 46.3 Å². The smallest absolute Gasteiger partial charge is 0.191 e. The zero-order valence-corrected chi connectivity index (χ0v) is 18.3. The van der Waals surface area contributed by atoms with Gasteiger partial charge in [0.05, 0.1) is 5.69 Å². The van der Waals surface area contributed by atoms with Crippen molar-refractivity contribution in [1.29, 1.82) is 0 Å². The van der Waals surface area contributed by atoms with Crippen LogP contribution in [-0.4, -0.2) is 41.6 Å². The fourth-order valence-corrected chi connectivity index (χ4v) is 3.20. The summed E-state index contributed by atoms with van der Waals surface area (Å²) < 4.78 is 2.06. The lowest BCUT2D eigenvalue weighted by Gasteiger charge is -2.12. The molecule has 0 fully saturated rings. The molecule has 7 heteroatoms. The molecule has 138 valence electrons. The monoisotopic (exact) mass is 473 g/mol. The molecule has 0 bridgehead atoms. The fraction of sp³-hybridized carbons (Fsp3) is 0.444. The van der Waals surface area contributed by atoms with E-state index in [0.717, 1.165) is 43.5 Å². The Hall–Kier alpha value is -1.22. The second-order valence-electron chi connectivity index (χ2n) is 5.59. The van der Waals surface area contributed by atoms with Crippen LogP contribution in [0.4, 0.5) is 0 Å². The molecule has 0 aliphatic rings. The van der Waals surface area contributed by atoms with E-state index in [4.69, 9.17) is 0 Å². The lowest BCUT2D eigenvalue weighted by molar-refractivity contribution is 0.555. The highest BCUT2D eigenvalue weighted by Crippen LogP contribution is 2.15.